The van der Waals surface area contributed by atoms with E-state index in [2.05, 4.69) is 5.32 Å². The molecule has 0 saturated carbocycles. The number of hydrogen-bond donors (Lipinski definition) is 1. The summed E-state index contributed by atoms with van der Waals surface area (Å²) in [7, 11) is 0. The summed E-state index contributed by atoms with van der Waals surface area (Å²) in [5.41, 5.74) is 0.614. The number of nitro benzene ring substituents is 1. The smallest absolute Gasteiger partial charge is 0.282 e. The molecule has 2 aliphatic rings. The molecular formula is C16H12ClN3O3. The van der Waals surface area contributed by atoms with Gasteiger partial charge in [0.2, 0.25) is 0 Å². The summed E-state index contributed by atoms with van der Waals surface area (Å²) < 4.78 is 0. The molecule has 1 saturated heterocycles. The highest BCUT2D eigenvalue weighted by Gasteiger charge is 2.55. The van der Waals surface area contributed by atoms with Gasteiger partial charge in [-0.05, 0) is 17.7 Å². The van der Waals surface area contributed by atoms with E-state index in [0.717, 1.165) is 5.56 Å². The molecule has 1 fully saturated rings. The zero-order valence-electron chi connectivity index (χ0n) is 12.0. The van der Waals surface area contributed by atoms with Crippen molar-refractivity contribution in [3.05, 3.63) is 74.3 Å². The van der Waals surface area contributed by atoms with Gasteiger partial charge in [0.1, 0.15) is 11.2 Å². The molecule has 1 amide bonds. The van der Waals surface area contributed by atoms with Gasteiger partial charge in [-0.1, -0.05) is 35.9 Å². The van der Waals surface area contributed by atoms with Crippen LogP contribution in [0.1, 0.15) is 21.5 Å². The molecule has 0 aromatic heterocycles. The number of halogens is 1. The molecule has 116 valence electrons. The SMILES string of the molecule is O=C1c2c([N+](=O)[O-])cccc2C2(c3ccc(Cl)cc3)NCCN12. The van der Waals surface area contributed by atoms with Crippen molar-refractivity contribution < 1.29 is 9.72 Å². The molecule has 0 bridgehead atoms. The molecule has 0 aliphatic carbocycles. The van der Waals surface area contributed by atoms with Crippen LogP contribution in [0, 0.1) is 10.1 Å². The molecular weight excluding hydrogens is 318 g/mol. The number of benzene rings is 2. The van der Waals surface area contributed by atoms with E-state index in [1.165, 1.54) is 6.07 Å². The van der Waals surface area contributed by atoms with E-state index in [1.807, 2.05) is 12.1 Å². The van der Waals surface area contributed by atoms with Gasteiger partial charge in [0.05, 0.1) is 4.92 Å². The lowest BCUT2D eigenvalue weighted by Gasteiger charge is -2.33. The topological polar surface area (TPSA) is 75.5 Å². The van der Waals surface area contributed by atoms with Crippen molar-refractivity contribution in [3.63, 3.8) is 0 Å². The molecule has 1 N–H and O–H groups in total. The number of hydrogen-bond acceptors (Lipinski definition) is 4. The summed E-state index contributed by atoms with van der Waals surface area (Å²) in [5.74, 6) is -0.313. The van der Waals surface area contributed by atoms with Crippen molar-refractivity contribution in [3.8, 4) is 0 Å². The third kappa shape index (κ3) is 1.76. The highest BCUT2D eigenvalue weighted by molar-refractivity contribution is 6.30. The Morgan fingerprint density at radius 1 is 1.22 bits per heavy atom. The van der Waals surface area contributed by atoms with Gasteiger partial charge in [-0.15, -0.1) is 0 Å². The molecule has 7 heteroatoms. The molecule has 4 rings (SSSR count). The molecule has 2 aromatic rings. The lowest BCUT2D eigenvalue weighted by molar-refractivity contribution is -0.385. The van der Waals surface area contributed by atoms with Crippen molar-refractivity contribution in [2.45, 2.75) is 5.66 Å². The van der Waals surface area contributed by atoms with Crippen LogP contribution in [0.3, 0.4) is 0 Å². The second kappa shape index (κ2) is 4.78. The van der Waals surface area contributed by atoms with Crippen molar-refractivity contribution in [2.24, 2.45) is 0 Å². The Morgan fingerprint density at radius 3 is 2.65 bits per heavy atom. The zero-order chi connectivity index (χ0) is 16.2. The van der Waals surface area contributed by atoms with Crippen LogP contribution in [0.15, 0.2) is 42.5 Å². The van der Waals surface area contributed by atoms with Crippen molar-refractivity contribution in [2.75, 3.05) is 13.1 Å². The van der Waals surface area contributed by atoms with Gasteiger partial charge in [-0.3, -0.25) is 20.2 Å². The normalized spacial score (nSPS) is 22.1. The number of carbonyl (C=O) groups excluding carboxylic acids is 1. The number of rotatable bonds is 2. The Hall–Kier alpha value is -2.44. The van der Waals surface area contributed by atoms with Crippen LogP contribution in [-0.2, 0) is 5.66 Å². The maximum Gasteiger partial charge on any atom is 0.282 e. The summed E-state index contributed by atoms with van der Waals surface area (Å²) in [5, 5.41) is 15.3. The fourth-order valence-corrected chi connectivity index (χ4v) is 3.69. The molecule has 1 atom stereocenters. The number of nitro groups is 1. The largest absolute Gasteiger partial charge is 0.311 e. The van der Waals surface area contributed by atoms with Crippen LogP contribution in [-0.4, -0.2) is 28.8 Å². The summed E-state index contributed by atoms with van der Waals surface area (Å²) in [6, 6.07) is 11.9. The maximum absolute atomic E-state index is 12.8. The van der Waals surface area contributed by atoms with Gasteiger partial charge >= 0.3 is 0 Å². The van der Waals surface area contributed by atoms with Crippen molar-refractivity contribution >= 4 is 23.2 Å². The predicted molar refractivity (Wildman–Crippen MR) is 84.4 cm³/mol. The van der Waals surface area contributed by atoms with Crippen LogP contribution < -0.4 is 5.32 Å². The van der Waals surface area contributed by atoms with Crippen LogP contribution >= 0.6 is 11.6 Å². The number of amides is 1. The van der Waals surface area contributed by atoms with E-state index < -0.39 is 10.6 Å². The zero-order valence-corrected chi connectivity index (χ0v) is 12.7. The summed E-state index contributed by atoms with van der Waals surface area (Å²) >= 11 is 5.96. The van der Waals surface area contributed by atoms with E-state index in [9.17, 15) is 14.9 Å². The number of fused-ring (bicyclic) bond motifs is 3. The first-order valence-corrected chi connectivity index (χ1v) is 7.54. The van der Waals surface area contributed by atoms with Crippen LogP contribution in [0.4, 0.5) is 5.69 Å². The van der Waals surface area contributed by atoms with E-state index in [0.29, 0.717) is 23.7 Å². The van der Waals surface area contributed by atoms with Gasteiger partial charge in [0.25, 0.3) is 11.6 Å². The fourth-order valence-electron chi connectivity index (χ4n) is 3.56. The summed E-state index contributed by atoms with van der Waals surface area (Å²) in [4.78, 5) is 25.3. The highest BCUT2D eigenvalue weighted by atomic mass is 35.5. The monoisotopic (exact) mass is 329 g/mol. The Morgan fingerprint density at radius 2 is 1.96 bits per heavy atom. The third-order valence-electron chi connectivity index (χ3n) is 4.47. The standard InChI is InChI=1S/C16H12ClN3O3/c17-11-6-4-10(5-7-11)16-12-2-1-3-13(20(22)23)14(12)15(21)19(16)9-8-18-16/h1-7,18H,8-9H2. The molecule has 2 aliphatic heterocycles. The fraction of sp³-hybridized carbons (Fsp3) is 0.188. The minimum atomic E-state index is -0.858. The van der Waals surface area contributed by atoms with E-state index in [1.54, 1.807) is 29.2 Å². The molecule has 2 heterocycles. The molecule has 2 aromatic carbocycles. The first kappa shape index (κ1) is 14.2. The van der Waals surface area contributed by atoms with Gasteiger partial charge in [-0.2, -0.15) is 0 Å². The molecule has 1 unspecified atom stereocenters. The summed E-state index contributed by atoms with van der Waals surface area (Å²) in [6.45, 7) is 1.11. The number of nitrogens with one attached hydrogen (secondary N) is 1. The average molecular weight is 330 g/mol. The van der Waals surface area contributed by atoms with E-state index >= 15 is 0 Å². The van der Waals surface area contributed by atoms with Crippen LogP contribution in [0.5, 0.6) is 0 Å². The molecule has 6 nitrogen and oxygen atoms in total. The van der Waals surface area contributed by atoms with E-state index in [-0.39, 0.29) is 17.2 Å². The van der Waals surface area contributed by atoms with Gasteiger partial charge in [-0.25, -0.2) is 0 Å². The molecule has 0 radical (unpaired) electrons. The average Bonchev–Trinajstić information content (AvgIpc) is 3.08. The quantitative estimate of drug-likeness (QED) is 0.678. The lowest BCUT2D eigenvalue weighted by Crippen LogP contribution is -2.46. The summed E-state index contributed by atoms with van der Waals surface area (Å²) in [6.07, 6.45) is 0. The Bertz CT molecular complexity index is 837. The Balaban J connectivity index is 2.01. The van der Waals surface area contributed by atoms with Crippen molar-refractivity contribution in [1.29, 1.82) is 0 Å². The third-order valence-corrected chi connectivity index (χ3v) is 4.72. The first-order valence-electron chi connectivity index (χ1n) is 7.16. The minimum absolute atomic E-state index is 0.156. The number of carbonyl (C=O) groups is 1. The first-order chi connectivity index (χ1) is 11.1. The van der Waals surface area contributed by atoms with Gasteiger partial charge in [0, 0.05) is 29.7 Å². The Kier molecular flexibility index (Phi) is 2.94. The number of nitrogens with zero attached hydrogens (tertiary/aromatic N) is 2. The molecule has 23 heavy (non-hydrogen) atoms. The minimum Gasteiger partial charge on any atom is -0.311 e. The second-order valence-electron chi connectivity index (χ2n) is 5.56. The van der Waals surface area contributed by atoms with Gasteiger partial charge in [0.15, 0.2) is 0 Å². The second-order valence-corrected chi connectivity index (χ2v) is 5.99. The lowest BCUT2D eigenvalue weighted by atomic mass is 9.91. The van der Waals surface area contributed by atoms with Crippen LogP contribution in [0.25, 0.3) is 0 Å². The maximum atomic E-state index is 12.8. The van der Waals surface area contributed by atoms with Crippen LogP contribution in [0.2, 0.25) is 5.02 Å². The Labute approximate surface area is 136 Å². The van der Waals surface area contributed by atoms with Gasteiger partial charge < -0.3 is 4.90 Å². The predicted octanol–water partition coefficient (Wildman–Crippen LogP) is 2.51. The van der Waals surface area contributed by atoms with E-state index in [4.69, 9.17) is 11.6 Å². The molecule has 0 spiro atoms. The van der Waals surface area contributed by atoms with Crippen molar-refractivity contribution in [1.82, 2.24) is 10.2 Å². The highest BCUT2D eigenvalue weighted by Crippen LogP contribution is 2.46.